The number of hydrogen-bond acceptors (Lipinski definition) is 5. The highest BCUT2D eigenvalue weighted by molar-refractivity contribution is 6.02. The average molecular weight is 403 g/mol. The smallest absolute Gasteiger partial charge is 0.387 e. The van der Waals surface area contributed by atoms with Gasteiger partial charge in [0.25, 0.3) is 0 Å². The molecule has 29 heavy (non-hydrogen) atoms. The summed E-state index contributed by atoms with van der Waals surface area (Å²) in [7, 11) is 0. The van der Waals surface area contributed by atoms with Gasteiger partial charge in [-0.15, -0.1) is 0 Å². The minimum absolute atomic E-state index is 0.0150. The first-order valence-corrected chi connectivity index (χ1v) is 8.81. The second-order valence-corrected chi connectivity index (χ2v) is 6.38. The number of aromatic nitrogens is 1. The highest BCUT2D eigenvalue weighted by atomic mass is 19.3. The van der Waals surface area contributed by atoms with E-state index in [9.17, 15) is 18.4 Å². The molecule has 0 spiro atoms. The fourth-order valence-corrected chi connectivity index (χ4v) is 3.07. The van der Waals surface area contributed by atoms with E-state index in [2.05, 4.69) is 4.74 Å². The van der Waals surface area contributed by atoms with E-state index in [1.807, 2.05) is 6.92 Å². The number of carbonyl (C=O) groups excluding carboxylic acids is 2. The van der Waals surface area contributed by atoms with Crippen molar-refractivity contribution in [2.75, 3.05) is 0 Å². The zero-order valence-electron chi connectivity index (χ0n) is 16.0. The Morgan fingerprint density at radius 1 is 1.10 bits per heavy atom. The SMILES string of the molecule is Cc1cc(C(=O)[C@H](C)OC(=O)c2ccco2)c(C)n1-c1ccc(OC(F)F)cc1. The number of hydrogen-bond donors (Lipinski definition) is 0. The number of ketones is 1. The van der Waals surface area contributed by atoms with E-state index in [4.69, 9.17) is 9.15 Å². The van der Waals surface area contributed by atoms with Crippen LogP contribution in [0, 0.1) is 13.8 Å². The molecule has 6 nitrogen and oxygen atoms in total. The molecular formula is C21H19F2NO5. The molecule has 2 aromatic heterocycles. The summed E-state index contributed by atoms with van der Waals surface area (Å²) in [4.78, 5) is 24.8. The van der Waals surface area contributed by atoms with Crippen molar-refractivity contribution in [3.05, 3.63) is 71.4 Å². The number of alkyl halides is 2. The van der Waals surface area contributed by atoms with Crippen molar-refractivity contribution < 1.29 is 32.3 Å². The molecule has 0 fully saturated rings. The summed E-state index contributed by atoms with van der Waals surface area (Å²) in [5.41, 5.74) is 2.48. The molecule has 0 saturated carbocycles. The summed E-state index contributed by atoms with van der Waals surface area (Å²) in [6, 6.07) is 10.8. The molecule has 152 valence electrons. The molecular weight excluding hydrogens is 384 g/mol. The third-order valence-corrected chi connectivity index (χ3v) is 4.39. The topological polar surface area (TPSA) is 70.7 Å². The van der Waals surface area contributed by atoms with Gasteiger partial charge in [-0.2, -0.15) is 8.78 Å². The molecule has 0 saturated heterocycles. The largest absolute Gasteiger partial charge is 0.457 e. The van der Waals surface area contributed by atoms with E-state index in [1.165, 1.54) is 31.4 Å². The number of benzene rings is 1. The average Bonchev–Trinajstić information content (AvgIpc) is 3.30. The number of ether oxygens (including phenoxy) is 2. The van der Waals surface area contributed by atoms with E-state index < -0.39 is 18.7 Å². The predicted molar refractivity (Wildman–Crippen MR) is 99.8 cm³/mol. The van der Waals surface area contributed by atoms with Crippen molar-refractivity contribution >= 4 is 11.8 Å². The summed E-state index contributed by atoms with van der Waals surface area (Å²) < 4.78 is 41.0. The Morgan fingerprint density at radius 2 is 1.79 bits per heavy atom. The first-order chi connectivity index (χ1) is 13.8. The molecule has 0 unspecified atom stereocenters. The van der Waals surface area contributed by atoms with Crippen molar-refractivity contribution in [3.8, 4) is 11.4 Å². The van der Waals surface area contributed by atoms with Gasteiger partial charge in [0, 0.05) is 22.6 Å². The minimum Gasteiger partial charge on any atom is -0.457 e. The molecule has 1 atom stereocenters. The molecule has 1 aromatic carbocycles. The van der Waals surface area contributed by atoms with Gasteiger partial charge in [0.05, 0.1) is 6.26 Å². The fraction of sp³-hybridized carbons (Fsp3) is 0.238. The lowest BCUT2D eigenvalue weighted by molar-refractivity contribution is -0.0498. The Morgan fingerprint density at radius 3 is 2.38 bits per heavy atom. The molecule has 0 N–H and O–H groups in total. The second-order valence-electron chi connectivity index (χ2n) is 6.38. The van der Waals surface area contributed by atoms with Crippen LogP contribution in [0.1, 0.15) is 39.2 Å². The summed E-state index contributed by atoms with van der Waals surface area (Å²) in [5.74, 6) is -1.02. The Labute approximate surface area is 165 Å². The fourth-order valence-electron chi connectivity index (χ4n) is 3.07. The van der Waals surface area contributed by atoms with Crippen LogP contribution in [0.25, 0.3) is 5.69 Å². The summed E-state index contributed by atoms with van der Waals surface area (Å²) in [5, 5.41) is 0. The van der Waals surface area contributed by atoms with Crippen LogP contribution < -0.4 is 4.74 Å². The standard InChI is InChI=1S/C21H19F2NO5/c1-12-11-17(19(25)14(3)28-20(26)18-5-4-10-27-18)13(2)24(12)15-6-8-16(9-7-15)29-21(22)23/h4-11,14,21H,1-3H3/t14-/m0/s1. The van der Waals surface area contributed by atoms with Crippen LogP contribution in [0.5, 0.6) is 5.75 Å². The van der Waals surface area contributed by atoms with Gasteiger partial charge in [0.1, 0.15) is 5.75 Å². The highest BCUT2D eigenvalue weighted by Gasteiger charge is 2.25. The van der Waals surface area contributed by atoms with Gasteiger partial charge in [-0.3, -0.25) is 4.79 Å². The molecule has 3 aromatic rings. The number of halogens is 2. The van der Waals surface area contributed by atoms with Crippen LogP contribution in [0.2, 0.25) is 0 Å². The normalized spacial score (nSPS) is 12.1. The molecule has 2 heterocycles. The van der Waals surface area contributed by atoms with Crippen LogP contribution in [-0.4, -0.2) is 29.0 Å². The van der Waals surface area contributed by atoms with Crippen molar-refractivity contribution in [2.24, 2.45) is 0 Å². The monoisotopic (exact) mass is 403 g/mol. The Balaban J connectivity index is 1.81. The van der Waals surface area contributed by atoms with E-state index >= 15 is 0 Å². The van der Waals surface area contributed by atoms with E-state index in [0.717, 1.165) is 5.69 Å². The number of rotatable bonds is 7. The van der Waals surface area contributed by atoms with Crippen LogP contribution in [0.3, 0.4) is 0 Å². The van der Waals surface area contributed by atoms with Crippen molar-refractivity contribution in [1.82, 2.24) is 4.57 Å². The Hall–Kier alpha value is -3.42. The molecule has 3 rings (SSSR count). The first-order valence-electron chi connectivity index (χ1n) is 8.81. The van der Waals surface area contributed by atoms with Crippen molar-refractivity contribution in [1.29, 1.82) is 0 Å². The maximum atomic E-state index is 12.8. The molecule has 0 bridgehead atoms. The lowest BCUT2D eigenvalue weighted by atomic mass is 10.1. The van der Waals surface area contributed by atoms with E-state index in [0.29, 0.717) is 16.9 Å². The summed E-state index contributed by atoms with van der Waals surface area (Å²) in [6.45, 7) is 2.16. The zero-order valence-corrected chi connectivity index (χ0v) is 16.0. The lowest BCUT2D eigenvalue weighted by Crippen LogP contribution is -2.24. The number of esters is 1. The molecule has 0 aliphatic rings. The van der Waals surface area contributed by atoms with Gasteiger partial charge in [-0.05, 0) is 63.2 Å². The predicted octanol–water partition coefficient (Wildman–Crippen LogP) is 4.72. The number of carbonyl (C=O) groups is 2. The van der Waals surface area contributed by atoms with Gasteiger partial charge in [0.2, 0.25) is 11.5 Å². The third kappa shape index (κ3) is 4.37. The maximum absolute atomic E-state index is 12.8. The van der Waals surface area contributed by atoms with Gasteiger partial charge in [-0.25, -0.2) is 4.79 Å². The van der Waals surface area contributed by atoms with Gasteiger partial charge in [-0.1, -0.05) is 0 Å². The van der Waals surface area contributed by atoms with E-state index in [1.54, 1.807) is 35.8 Å². The minimum atomic E-state index is -2.90. The van der Waals surface area contributed by atoms with Gasteiger partial charge < -0.3 is 18.5 Å². The molecule has 8 heteroatoms. The van der Waals surface area contributed by atoms with E-state index in [-0.39, 0.29) is 17.3 Å². The van der Waals surface area contributed by atoms with Gasteiger partial charge in [0.15, 0.2) is 6.10 Å². The van der Waals surface area contributed by atoms with Crippen molar-refractivity contribution in [3.63, 3.8) is 0 Å². The summed E-state index contributed by atoms with van der Waals surface area (Å²) >= 11 is 0. The Bertz CT molecular complexity index is 1010. The van der Waals surface area contributed by atoms with Crippen LogP contribution in [0.4, 0.5) is 8.78 Å². The maximum Gasteiger partial charge on any atom is 0.387 e. The number of Topliss-reactive ketones (excluding diaryl/α,β-unsaturated/α-hetero) is 1. The zero-order chi connectivity index (χ0) is 21.1. The lowest BCUT2D eigenvalue weighted by Gasteiger charge is -2.13. The number of aryl methyl sites for hydroxylation is 1. The van der Waals surface area contributed by atoms with Crippen LogP contribution >= 0.6 is 0 Å². The molecule has 0 aliphatic heterocycles. The molecule has 0 radical (unpaired) electrons. The third-order valence-electron chi connectivity index (χ3n) is 4.39. The highest BCUT2D eigenvalue weighted by Crippen LogP contribution is 2.25. The Kier molecular flexibility index (Phi) is 5.81. The van der Waals surface area contributed by atoms with Crippen LogP contribution in [0.15, 0.2) is 53.1 Å². The second kappa shape index (κ2) is 8.30. The molecule has 0 aliphatic carbocycles. The first kappa shape index (κ1) is 20.3. The van der Waals surface area contributed by atoms with Crippen LogP contribution in [-0.2, 0) is 4.74 Å². The quantitative estimate of drug-likeness (QED) is 0.422. The number of furan rings is 1. The molecule has 0 amide bonds. The number of nitrogens with zero attached hydrogens (tertiary/aromatic N) is 1. The van der Waals surface area contributed by atoms with Gasteiger partial charge >= 0.3 is 12.6 Å². The summed E-state index contributed by atoms with van der Waals surface area (Å²) in [6.07, 6.45) is 0.331. The van der Waals surface area contributed by atoms with Crippen molar-refractivity contribution in [2.45, 2.75) is 33.5 Å².